The normalized spacial score (nSPS) is 14.0. The Kier molecular flexibility index (Phi) is 5.06. The van der Waals surface area contributed by atoms with Crippen LogP contribution in [0.5, 0.6) is 5.75 Å². The number of hydrogen-bond donors (Lipinski definition) is 1. The summed E-state index contributed by atoms with van der Waals surface area (Å²) < 4.78 is 11.8. The van der Waals surface area contributed by atoms with Gasteiger partial charge in [-0.05, 0) is 17.7 Å². The molecular formula is C19H20ClN5O3. The Labute approximate surface area is 167 Å². The number of nitrogens with one attached hydrogen (secondary N) is 1. The third kappa shape index (κ3) is 3.61. The Balaban J connectivity index is 1.61. The van der Waals surface area contributed by atoms with Crippen LogP contribution in [0.4, 0.5) is 5.69 Å². The first-order valence-corrected chi connectivity index (χ1v) is 9.20. The molecule has 0 saturated carbocycles. The standard InChI is InChI=1S/C19H20ClN5O3/c1-24(9-12-3-5-14(27-2)6-4-12)15-7-17(20)23-25-16(8-21-18(15)25)19(26)22-13-10-28-11-13/h3-8,13H,9-11H2,1-2H3,(H,22,26). The van der Waals surface area contributed by atoms with E-state index in [9.17, 15) is 4.79 Å². The Morgan fingerprint density at radius 3 is 2.79 bits per heavy atom. The van der Waals surface area contributed by atoms with Crippen LogP contribution in [0, 0.1) is 0 Å². The molecule has 9 heteroatoms. The van der Waals surface area contributed by atoms with E-state index in [0.717, 1.165) is 17.0 Å². The van der Waals surface area contributed by atoms with E-state index in [-0.39, 0.29) is 17.1 Å². The predicted octanol–water partition coefficient (Wildman–Crippen LogP) is 2.16. The van der Waals surface area contributed by atoms with Crippen LogP contribution >= 0.6 is 11.6 Å². The van der Waals surface area contributed by atoms with Gasteiger partial charge in [0.15, 0.2) is 16.5 Å². The molecule has 8 nitrogen and oxygen atoms in total. The molecule has 2 aromatic heterocycles. The highest BCUT2D eigenvalue weighted by atomic mass is 35.5. The number of aromatic nitrogens is 3. The second-order valence-corrected chi connectivity index (χ2v) is 7.03. The second kappa shape index (κ2) is 7.65. The molecule has 0 radical (unpaired) electrons. The average molecular weight is 402 g/mol. The van der Waals surface area contributed by atoms with Gasteiger partial charge in [-0.1, -0.05) is 23.7 Å². The van der Waals surface area contributed by atoms with Crippen LogP contribution in [-0.4, -0.2) is 53.9 Å². The number of methoxy groups -OCH3 is 1. The van der Waals surface area contributed by atoms with E-state index in [4.69, 9.17) is 21.1 Å². The molecule has 1 aromatic carbocycles. The number of carbonyl (C=O) groups is 1. The van der Waals surface area contributed by atoms with Gasteiger partial charge < -0.3 is 19.7 Å². The van der Waals surface area contributed by atoms with E-state index in [1.807, 2.05) is 36.2 Å². The molecule has 4 rings (SSSR count). The summed E-state index contributed by atoms with van der Waals surface area (Å²) in [5.41, 5.74) is 2.78. The predicted molar refractivity (Wildman–Crippen MR) is 105 cm³/mol. The molecule has 1 fully saturated rings. The molecule has 146 valence electrons. The van der Waals surface area contributed by atoms with Gasteiger partial charge in [0.25, 0.3) is 5.91 Å². The maximum Gasteiger partial charge on any atom is 0.272 e. The van der Waals surface area contributed by atoms with Gasteiger partial charge in [-0.15, -0.1) is 0 Å². The highest BCUT2D eigenvalue weighted by molar-refractivity contribution is 6.29. The SMILES string of the molecule is COc1ccc(CN(C)c2cc(Cl)nn3c(C(=O)NC4COC4)cnc23)cc1. The van der Waals surface area contributed by atoms with E-state index >= 15 is 0 Å². The van der Waals surface area contributed by atoms with Gasteiger partial charge in [-0.25, -0.2) is 9.50 Å². The van der Waals surface area contributed by atoms with Gasteiger partial charge in [0.1, 0.15) is 5.75 Å². The van der Waals surface area contributed by atoms with Gasteiger partial charge in [0.2, 0.25) is 0 Å². The number of benzene rings is 1. The number of imidazole rings is 1. The van der Waals surface area contributed by atoms with E-state index in [0.29, 0.717) is 31.1 Å². The Hall–Kier alpha value is -2.84. The molecule has 1 N–H and O–H groups in total. The maximum absolute atomic E-state index is 12.5. The zero-order chi connectivity index (χ0) is 19.7. The third-order valence-corrected chi connectivity index (χ3v) is 4.80. The second-order valence-electron chi connectivity index (χ2n) is 6.64. The minimum absolute atomic E-state index is 0.0226. The first-order chi connectivity index (χ1) is 13.5. The quantitative estimate of drug-likeness (QED) is 0.681. The number of anilines is 1. The monoisotopic (exact) mass is 401 g/mol. The van der Waals surface area contributed by atoms with Crippen LogP contribution in [0.1, 0.15) is 16.1 Å². The number of amides is 1. The largest absolute Gasteiger partial charge is 0.497 e. The molecule has 1 amide bonds. The number of halogens is 1. The fraction of sp³-hybridized carbons (Fsp3) is 0.316. The Morgan fingerprint density at radius 2 is 2.14 bits per heavy atom. The highest BCUT2D eigenvalue weighted by Crippen LogP contribution is 2.25. The molecule has 0 aliphatic carbocycles. The summed E-state index contributed by atoms with van der Waals surface area (Å²) in [6.07, 6.45) is 1.51. The van der Waals surface area contributed by atoms with Crippen molar-refractivity contribution in [3.63, 3.8) is 0 Å². The van der Waals surface area contributed by atoms with Gasteiger partial charge in [0, 0.05) is 19.7 Å². The lowest BCUT2D eigenvalue weighted by atomic mass is 10.2. The molecule has 0 unspecified atom stereocenters. The topological polar surface area (TPSA) is 81.0 Å². The van der Waals surface area contributed by atoms with Gasteiger partial charge >= 0.3 is 0 Å². The summed E-state index contributed by atoms with van der Waals surface area (Å²) in [6, 6.07) is 9.60. The summed E-state index contributed by atoms with van der Waals surface area (Å²) in [7, 11) is 3.58. The number of carbonyl (C=O) groups excluding carboxylic acids is 1. The fourth-order valence-electron chi connectivity index (χ4n) is 3.03. The van der Waals surface area contributed by atoms with Crippen molar-refractivity contribution >= 4 is 28.8 Å². The van der Waals surface area contributed by atoms with E-state index < -0.39 is 0 Å². The van der Waals surface area contributed by atoms with Crippen LogP contribution in [0.2, 0.25) is 5.15 Å². The van der Waals surface area contributed by atoms with Crippen molar-refractivity contribution in [2.45, 2.75) is 12.6 Å². The molecular weight excluding hydrogens is 382 g/mol. The van der Waals surface area contributed by atoms with Crippen molar-refractivity contribution in [3.8, 4) is 5.75 Å². The van der Waals surface area contributed by atoms with Crippen molar-refractivity contribution in [2.24, 2.45) is 0 Å². The number of hydrogen-bond acceptors (Lipinski definition) is 6. The van der Waals surface area contributed by atoms with Crippen molar-refractivity contribution in [1.82, 2.24) is 19.9 Å². The first-order valence-electron chi connectivity index (χ1n) is 8.82. The lowest BCUT2D eigenvalue weighted by Gasteiger charge is -2.26. The summed E-state index contributed by atoms with van der Waals surface area (Å²) in [6.45, 7) is 1.67. The maximum atomic E-state index is 12.5. The summed E-state index contributed by atoms with van der Waals surface area (Å²) in [4.78, 5) is 19.0. The minimum atomic E-state index is -0.251. The fourth-order valence-corrected chi connectivity index (χ4v) is 3.21. The van der Waals surface area contributed by atoms with Gasteiger partial charge in [-0.2, -0.15) is 5.10 Å². The minimum Gasteiger partial charge on any atom is -0.497 e. The zero-order valence-electron chi connectivity index (χ0n) is 15.6. The summed E-state index contributed by atoms with van der Waals surface area (Å²) in [5.74, 6) is 0.556. The van der Waals surface area contributed by atoms with Crippen molar-refractivity contribution in [3.05, 3.63) is 52.9 Å². The number of fused-ring (bicyclic) bond motifs is 1. The zero-order valence-corrected chi connectivity index (χ0v) is 16.3. The van der Waals surface area contributed by atoms with E-state index in [1.165, 1.54) is 10.7 Å². The number of ether oxygens (including phenoxy) is 2. The molecule has 3 heterocycles. The molecule has 1 aliphatic heterocycles. The molecule has 1 aliphatic rings. The lowest BCUT2D eigenvalue weighted by molar-refractivity contribution is -0.00358. The van der Waals surface area contributed by atoms with Crippen LogP contribution < -0.4 is 15.0 Å². The van der Waals surface area contributed by atoms with Crippen LogP contribution in [0.3, 0.4) is 0 Å². The van der Waals surface area contributed by atoms with Gasteiger partial charge in [0.05, 0.1) is 38.2 Å². The molecule has 1 saturated heterocycles. The van der Waals surface area contributed by atoms with Crippen molar-refractivity contribution < 1.29 is 14.3 Å². The van der Waals surface area contributed by atoms with Crippen LogP contribution in [0.25, 0.3) is 5.65 Å². The average Bonchev–Trinajstić information content (AvgIpc) is 3.08. The van der Waals surface area contributed by atoms with E-state index in [2.05, 4.69) is 15.4 Å². The van der Waals surface area contributed by atoms with Crippen LogP contribution in [-0.2, 0) is 11.3 Å². The lowest BCUT2D eigenvalue weighted by Crippen LogP contribution is -2.48. The van der Waals surface area contributed by atoms with Crippen molar-refractivity contribution in [1.29, 1.82) is 0 Å². The summed E-state index contributed by atoms with van der Waals surface area (Å²) in [5, 5.41) is 7.44. The third-order valence-electron chi connectivity index (χ3n) is 4.61. The number of nitrogens with zero attached hydrogens (tertiary/aromatic N) is 4. The number of rotatable bonds is 6. The molecule has 0 atom stereocenters. The first kappa shape index (κ1) is 18.5. The Bertz CT molecular complexity index is 1000. The molecule has 28 heavy (non-hydrogen) atoms. The highest BCUT2D eigenvalue weighted by Gasteiger charge is 2.24. The molecule has 0 bridgehead atoms. The van der Waals surface area contributed by atoms with E-state index in [1.54, 1.807) is 13.2 Å². The molecule has 0 spiro atoms. The van der Waals surface area contributed by atoms with Crippen LogP contribution in [0.15, 0.2) is 36.5 Å². The Morgan fingerprint density at radius 1 is 1.39 bits per heavy atom. The summed E-state index contributed by atoms with van der Waals surface area (Å²) >= 11 is 6.23. The van der Waals surface area contributed by atoms with Crippen molar-refractivity contribution in [2.75, 3.05) is 32.3 Å². The smallest absolute Gasteiger partial charge is 0.272 e. The molecule has 3 aromatic rings. The van der Waals surface area contributed by atoms with Gasteiger partial charge in [-0.3, -0.25) is 4.79 Å².